The Labute approximate surface area is 108 Å². The van der Waals surface area contributed by atoms with Gasteiger partial charge in [0.15, 0.2) is 0 Å². The minimum Gasteiger partial charge on any atom is -0.464 e. The Morgan fingerprint density at radius 2 is 2.22 bits per heavy atom. The molecule has 0 heterocycles. The SMILES string of the molecule is CCOC(=O)C(CC)Nc1cccc(C)c1C#N. The van der Waals surface area contributed by atoms with Gasteiger partial charge in [0, 0.05) is 0 Å². The Bertz CT molecular complexity index is 463. The van der Waals surface area contributed by atoms with Gasteiger partial charge in [0.2, 0.25) is 0 Å². The van der Waals surface area contributed by atoms with Crippen molar-refractivity contribution in [2.24, 2.45) is 0 Å². The van der Waals surface area contributed by atoms with Gasteiger partial charge < -0.3 is 10.1 Å². The van der Waals surface area contributed by atoms with Gasteiger partial charge in [0.05, 0.1) is 17.9 Å². The smallest absolute Gasteiger partial charge is 0.328 e. The number of rotatable bonds is 5. The lowest BCUT2D eigenvalue weighted by Crippen LogP contribution is -2.31. The lowest BCUT2D eigenvalue weighted by molar-refractivity contribution is -0.144. The molecule has 18 heavy (non-hydrogen) atoms. The molecule has 1 atom stereocenters. The number of aryl methyl sites for hydroxylation is 1. The molecule has 0 radical (unpaired) electrons. The van der Waals surface area contributed by atoms with Crippen LogP contribution in [0.2, 0.25) is 0 Å². The molecule has 0 saturated heterocycles. The lowest BCUT2D eigenvalue weighted by Gasteiger charge is -2.18. The van der Waals surface area contributed by atoms with E-state index in [1.54, 1.807) is 13.0 Å². The van der Waals surface area contributed by atoms with Crippen LogP contribution in [-0.2, 0) is 9.53 Å². The minimum atomic E-state index is -0.418. The van der Waals surface area contributed by atoms with E-state index in [2.05, 4.69) is 11.4 Å². The summed E-state index contributed by atoms with van der Waals surface area (Å²) in [5, 5.41) is 12.2. The number of carbonyl (C=O) groups excluding carboxylic acids is 1. The van der Waals surface area contributed by atoms with Crippen LogP contribution in [0.5, 0.6) is 0 Å². The molecule has 4 heteroatoms. The molecule has 0 spiro atoms. The molecule has 1 aromatic carbocycles. The van der Waals surface area contributed by atoms with Gasteiger partial charge in [-0.2, -0.15) is 5.26 Å². The van der Waals surface area contributed by atoms with Gasteiger partial charge in [-0.15, -0.1) is 0 Å². The maximum absolute atomic E-state index is 11.7. The quantitative estimate of drug-likeness (QED) is 0.811. The second-order valence-electron chi connectivity index (χ2n) is 3.97. The molecule has 96 valence electrons. The molecule has 0 bridgehead atoms. The summed E-state index contributed by atoms with van der Waals surface area (Å²) in [6.07, 6.45) is 0.609. The number of nitrogens with one attached hydrogen (secondary N) is 1. The molecular formula is C14H18N2O2. The van der Waals surface area contributed by atoms with E-state index in [-0.39, 0.29) is 5.97 Å². The van der Waals surface area contributed by atoms with Crippen LogP contribution < -0.4 is 5.32 Å². The van der Waals surface area contributed by atoms with Crippen molar-refractivity contribution in [2.45, 2.75) is 33.2 Å². The first kappa shape index (κ1) is 14.0. The summed E-state index contributed by atoms with van der Waals surface area (Å²) in [7, 11) is 0. The van der Waals surface area contributed by atoms with Gasteiger partial charge in [0.25, 0.3) is 0 Å². The van der Waals surface area contributed by atoms with Crippen molar-refractivity contribution in [2.75, 3.05) is 11.9 Å². The third kappa shape index (κ3) is 3.24. The summed E-state index contributed by atoms with van der Waals surface area (Å²) < 4.78 is 4.99. The highest BCUT2D eigenvalue weighted by molar-refractivity contribution is 5.80. The summed E-state index contributed by atoms with van der Waals surface area (Å²) in [6, 6.07) is 7.26. The van der Waals surface area contributed by atoms with Crippen molar-refractivity contribution in [1.29, 1.82) is 5.26 Å². The van der Waals surface area contributed by atoms with E-state index in [1.807, 2.05) is 26.0 Å². The second kappa shape index (κ2) is 6.65. The molecule has 1 unspecified atom stereocenters. The number of ether oxygens (including phenoxy) is 1. The first-order chi connectivity index (χ1) is 8.63. The number of esters is 1. The Morgan fingerprint density at radius 1 is 1.50 bits per heavy atom. The van der Waals surface area contributed by atoms with Crippen molar-refractivity contribution in [3.8, 4) is 6.07 Å². The number of nitrogens with zero attached hydrogens (tertiary/aromatic N) is 1. The van der Waals surface area contributed by atoms with Crippen LogP contribution in [0.3, 0.4) is 0 Å². The van der Waals surface area contributed by atoms with E-state index in [4.69, 9.17) is 10.00 Å². The maximum atomic E-state index is 11.7. The fourth-order valence-corrected chi connectivity index (χ4v) is 1.69. The number of hydrogen-bond donors (Lipinski definition) is 1. The van der Waals surface area contributed by atoms with Crippen molar-refractivity contribution in [3.05, 3.63) is 29.3 Å². The first-order valence-corrected chi connectivity index (χ1v) is 6.06. The van der Waals surface area contributed by atoms with E-state index < -0.39 is 6.04 Å². The van der Waals surface area contributed by atoms with Crippen LogP contribution in [-0.4, -0.2) is 18.6 Å². The zero-order valence-electron chi connectivity index (χ0n) is 11.0. The molecule has 1 rings (SSSR count). The molecular weight excluding hydrogens is 228 g/mol. The largest absolute Gasteiger partial charge is 0.464 e. The summed E-state index contributed by atoms with van der Waals surface area (Å²) in [5.41, 5.74) is 2.14. The Kier molecular flexibility index (Phi) is 5.19. The van der Waals surface area contributed by atoms with Gasteiger partial charge in [-0.05, 0) is 31.9 Å². The highest BCUT2D eigenvalue weighted by Crippen LogP contribution is 2.20. The predicted molar refractivity (Wildman–Crippen MR) is 70.2 cm³/mol. The fourth-order valence-electron chi connectivity index (χ4n) is 1.69. The zero-order chi connectivity index (χ0) is 13.5. The van der Waals surface area contributed by atoms with Gasteiger partial charge >= 0.3 is 5.97 Å². The minimum absolute atomic E-state index is 0.287. The molecule has 0 saturated carbocycles. The Morgan fingerprint density at radius 3 is 2.78 bits per heavy atom. The van der Waals surface area contributed by atoms with E-state index in [0.29, 0.717) is 24.3 Å². The molecule has 1 N–H and O–H groups in total. The maximum Gasteiger partial charge on any atom is 0.328 e. The molecule has 0 aliphatic heterocycles. The average Bonchev–Trinajstić information content (AvgIpc) is 2.36. The molecule has 0 aliphatic rings. The zero-order valence-corrected chi connectivity index (χ0v) is 11.0. The van der Waals surface area contributed by atoms with Crippen molar-refractivity contribution in [3.63, 3.8) is 0 Å². The second-order valence-corrected chi connectivity index (χ2v) is 3.97. The van der Waals surface area contributed by atoms with E-state index in [0.717, 1.165) is 5.56 Å². The van der Waals surface area contributed by atoms with Gasteiger partial charge in [-0.25, -0.2) is 4.79 Å². The molecule has 0 fully saturated rings. The lowest BCUT2D eigenvalue weighted by atomic mass is 10.1. The van der Waals surface area contributed by atoms with Crippen molar-refractivity contribution >= 4 is 11.7 Å². The monoisotopic (exact) mass is 246 g/mol. The summed E-state index contributed by atoms with van der Waals surface area (Å²) >= 11 is 0. The molecule has 0 amide bonds. The molecule has 0 aliphatic carbocycles. The van der Waals surface area contributed by atoms with Gasteiger partial charge in [-0.3, -0.25) is 0 Å². The van der Waals surface area contributed by atoms with E-state index >= 15 is 0 Å². The van der Waals surface area contributed by atoms with Crippen LogP contribution in [0.4, 0.5) is 5.69 Å². The molecule has 1 aromatic rings. The summed E-state index contributed by atoms with van der Waals surface area (Å²) in [6.45, 7) is 5.90. The van der Waals surface area contributed by atoms with E-state index in [1.165, 1.54) is 0 Å². The van der Waals surface area contributed by atoms with E-state index in [9.17, 15) is 4.79 Å². The van der Waals surface area contributed by atoms with Gasteiger partial charge in [0.1, 0.15) is 12.1 Å². The number of hydrogen-bond acceptors (Lipinski definition) is 4. The molecule has 0 aromatic heterocycles. The highest BCUT2D eigenvalue weighted by atomic mass is 16.5. The first-order valence-electron chi connectivity index (χ1n) is 6.06. The van der Waals surface area contributed by atoms with Crippen molar-refractivity contribution < 1.29 is 9.53 Å². The van der Waals surface area contributed by atoms with Crippen LogP contribution >= 0.6 is 0 Å². The van der Waals surface area contributed by atoms with Crippen LogP contribution in [0.25, 0.3) is 0 Å². The normalized spacial score (nSPS) is 11.4. The highest BCUT2D eigenvalue weighted by Gasteiger charge is 2.18. The Hall–Kier alpha value is -2.02. The standard InChI is InChI=1S/C14H18N2O2/c1-4-12(14(17)18-5-2)16-13-8-6-7-10(3)11(13)9-15/h6-8,12,16H,4-5H2,1-3H3. The average molecular weight is 246 g/mol. The fraction of sp³-hybridized carbons (Fsp3) is 0.429. The number of benzene rings is 1. The Balaban J connectivity index is 2.92. The number of carbonyl (C=O) groups is 1. The molecule has 4 nitrogen and oxygen atoms in total. The van der Waals surface area contributed by atoms with Crippen LogP contribution in [0.15, 0.2) is 18.2 Å². The summed E-state index contributed by atoms with van der Waals surface area (Å²) in [4.78, 5) is 11.7. The number of anilines is 1. The number of nitriles is 1. The third-order valence-corrected chi connectivity index (χ3v) is 2.69. The third-order valence-electron chi connectivity index (χ3n) is 2.69. The topological polar surface area (TPSA) is 62.1 Å². The van der Waals surface area contributed by atoms with Gasteiger partial charge in [-0.1, -0.05) is 19.1 Å². The summed E-state index contributed by atoms with van der Waals surface area (Å²) in [5.74, 6) is -0.287. The predicted octanol–water partition coefficient (Wildman–Crippen LogP) is 2.62. The van der Waals surface area contributed by atoms with Crippen LogP contribution in [0, 0.1) is 18.3 Å². The van der Waals surface area contributed by atoms with Crippen molar-refractivity contribution in [1.82, 2.24) is 0 Å². The van der Waals surface area contributed by atoms with Crippen LogP contribution in [0.1, 0.15) is 31.4 Å².